The number of ether oxygens (including phenoxy) is 1. The van der Waals surface area contributed by atoms with Crippen LogP contribution in [0.1, 0.15) is 24.1 Å². The van der Waals surface area contributed by atoms with Gasteiger partial charge in [-0.3, -0.25) is 0 Å². The van der Waals surface area contributed by atoms with Crippen molar-refractivity contribution >= 4 is 0 Å². The summed E-state index contributed by atoms with van der Waals surface area (Å²) in [6.45, 7) is 3.38. The summed E-state index contributed by atoms with van der Waals surface area (Å²) in [6, 6.07) is 2.21. The summed E-state index contributed by atoms with van der Waals surface area (Å²) in [6.07, 6.45) is -0.309. The van der Waals surface area contributed by atoms with Gasteiger partial charge in [-0.25, -0.2) is 8.78 Å². The number of benzene rings is 1. The normalized spacial score (nSPS) is 14.9. The highest BCUT2D eigenvalue weighted by atomic mass is 19.1. The number of aryl methyl sites for hydroxylation is 1. The molecule has 0 bridgehead atoms. The van der Waals surface area contributed by atoms with Crippen LogP contribution in [0, 0.1) is 18.6 Å². The second-order valence-corrected chi connectivity index (χ2v) is 3.80. The molecule has 0 aliphatic rings. The molecule has 0 aromatic heterocycles. The molecule has 2 unspecified atom stereocenters. The van der Waals surface area contributed by atoms with Crippen LogP contribution in [0.2, 0.25) is 0 Å². The van der Waals surface area contributed by atoms with Gasteiger partial charge < -0.3 is 10.1 Å². The molecule has 1 N–H and O–H groups in total. The van der Waals surface area contributed by atoms with Gasteiger partial charge in [-0.15, -0.1) is 0 Å². The average Bonchev–Trinajstić information content (AvgIpc) is 2.28. The fourth-order valence-corrected chi connectivity index (χ4v) is 1.71. The van der Waals surface area contributed by atoms with Crippen LogP contribution in [-0.4, -0.2) is 20.3 Å². The first-order valence-corrected chi connectivity index (χ1v) is 5.17. The molecule has 1 aromatic carbocycles. The zero-order chi connectivity index (χ0) is 12.3. The predicted molar refractivity (Wildman–Crippen MR) is 59.4 cm³/mol. The Morgan fingerprint density at radius 1 is 1.31 bits per heavy atom. The molecule has 0 radical (unpaired) electrons. The monoisotopic (exact) mass is 229 g/mol. The first-order chi connectivity index (χ1) is 7.52. The van der Waals surface area contributed by atoms with Crippen LogP contribution in [-0.2, 0) is 4.74 Å². The molecule has 0 heterocycles. The van der Waals surface area contributed by atoms with Crippen molar-refractivity contribution in [1.29, 1.82) is 0 Å². The zero-order valence-corrected chi connectivity index (χ0v) is 9.97. The quantitative estimate of drug-likeness (QED) is 0.856. The van der Waals surface area contributed by atoms with Crippen LogP contribution in [0.15, 0.2) is 12.1 Å². The van der Waals surface area contributed by atoms with Gasteiger partial charge in [-0.05, 0) is 32.5 Å². The first-order valence-electron chi connectivity index (χ1n) is 5.17. The van der Waals surface area contributed by atoms with Gasteiger partial charge in [0.25, 0.3) is 0 Å². The number of hydrogen-bond donors (Lipinski definition) is 1. The number of rotatable bonds is 4. The van der Waals surface area contributed by atoms with Crippen molar-refractivity contribution in [2.45, 2.75) is 26.0 Å². The molecule has 0 aliphatic heterocycles. The van der Waals surface area contributed by atoms with Gasteiger partial charge in [-0.1, -0.05) is 6.07 Å². The minimum Gasteiger partial charge on any atom is -0.380 e. The van der Waals surface area contributed by atoms with Crippen LogP contribution in [0.3, 0.4) is 0 Å². The van der Waals surface area contributed by atoms with Crippen molar-refractivity contribution in [1.82, 2.24) is 5.32 Å². The van der Waals surface area contributed by atoms with Gasteiger partial charge in [0, 0.05) is 12.7 Å². The van der Waals surface area contributed by atoms with Gasteiger partial charge in [0.05, 0.1) is 12.1 Å². The van der Waals surface area contributed by atoms with E-state index in [1.54, 1.807) is 20.9 Å². The highest BCUT2D eigenvalue weighted by Gasteiger charge is 2.25. The molecule has 4 heteroatoms. The van der Waals surface area contributed by atoms with Crippen molar-refractivity contribution in [3.63, 3.8) is 0 Å². The van der Waals surface area contributed by atoms with Crippen molar-refractivity contribution in [2.75, 3.05) is 14.2 Å². The van der Waals surface area contributed by atoms with Gasteiger partial charge in [0.15, 0.2) is 0 Å². The van der Waals surface area contributed by atoms with E-state index in [1.807, 2.05) is 0 Å². The third-order valence-corrected chi connectivity index (χ3v) is 2.78. The van der Waals surface area contributed by atoms with Gasteiger partial charge in [0.2, 0.25) is 0 Å². The molecular formula is C12H17F2NO. The molecule has 0 saturated carbocycles. The van der Waals surface area contributed by atoms with E-state index in [2.05, 4.69) is 5.32 Å². The Hall–Kier alpha value is -1.00. The Balaban J connectivity index is 3.23. The lowest BCUT2D eigenvalue weighted by Gasteiger charge is -2.24. The molecule has 16 heavy (non-hydrogen) atoms. The molecule has 0 fully saturated rings. The van der Waals surface area contributed by atoms with E-state index in [0.29, 0.717) is 5.56 Å². The third kappa shape index (κ3) is 2.39. The molecule has 2 atom stereocenters. The number of methoxy groups -OCH3 is 1. The SMILES string of the molecule is CNC(c1c(F)ccc(C)c1F)C(C)OC. The highest BCUT2D eigenvalue weighted by molar-refractivity contribution is 5.29. The lowest BCUT2D eigenvalue weighted by molar-refractivity contribution is 0.0831. The third-order valence-electron chi connectivity index (χ3n) is 2.78. The molecular weight excluding hydrogens is 212 g/mol. The van der Waals surface area contributed by atoms with Gasteiger partial charge in [0.1, 0.15) is 11.6 Å². The largest absolute Gasteiger partial charge is 0.380 e. The Kier molecular flexibility index (Phi) is 4.38. The van der Waals surface area contributed by atoms with E-state index in [9.17, 15) is 8.78 Å². The Morgan fingerprint density at radius 3 is 2.44 bits per heavy atom. The Labute approximate surface area is 94.6 Å². The summed E-state index contributed by atoms with van der Waals surface area (Å²) in [5.41, 5.74) is 0.469. The van der Waals surface area contributed by atoms with E-state index < -0.39 is 17.7 Å². The van der Waals surface area contributed by atoms with E-state index in [-0.39, 0.29) is 11.7 Å². The summed E-state index contributed by atoms with van der Waals surface area (Å²) in [4.78, 5) is 0. The van der Waals surface area contributed by atoms with E-state index in [1.165, 1.54) is 19.2 Å². The smallest absolute Gasteiger partial charge is 0.133 e. The van der Waals surface area contributed by atoms with Crippen molar-refractivity contribution < 1.29 is 13.5 Å². The molecule has 2 nitrogen and oxygen atoms in total. The second kappa shape index (κ2) is 5.37. The lowest BCUT2D eigenvalue weighted by Crippen LogP contribution is -2.30. The molecule has 1 aromatic rings. The Morgan fingerprint density at radius 2 is 1.94 bits per heavy atom. The molecule has 0 spiro atoms. The summed E-state index contributed by atoms with van der Waals surface area (Å²) < 4.78 is 32.6. The topological polar surface area (TPSA) is 21.3 Å². The maximum absolute atomic E-state index is 13.9. The average molecular weight is 229 g/mol. The molecule has 0 saturated heterocycles. The van der Waals surface area contributed by atoms with Gasteiger partial charge in [-0.2, -0.15) is 0 Å². The van der Waals surface area contributed by atoms with Crippen LogP contribution < -0.4 is 5.32 Å². The fourth-order valence-electron chi connectivity index (χ4n) is 1.71. The summed E-state index contributed by atoms with van der Waals surface area (Å²) in [5, 5.41) is 2.87. The lowest BCUT2D eigenvalue weighted by atomic mass is 9.99. The molecule has 0 amide bonds. The van der Waals surface area contributed by atoms with Crippen molar-refractivity contribution in [3.8, 4) is 0 Å². The number of nitrogens with one attached hydrogen (secondary N) is 1. The fraction of sp³-hybridized carbons (Fsp3) is 0.500. The highest BCUT2D eigenvalue weighted by Crippen LogP contribution is 2.26. The minimum absolute atomic E-state index is 0.0388. The molecule has 0 aliphatic carbocycles. The number of halogens is 2. The maximum atomic E-state index is 13.9. The number of likely N-dealkylation sites (N-methyl/N-ethyl adjacent to an activating group) is 1. The van der Waals surface area contributed by atoms with Crippen LogP contribution in [0.4, 0.5) is 8.78 Å². The summed E-state index contributed by atoms with van der Waals surface area (Å²) in [7, 11) is 3.17. The van der Waals surface area contributed by atoms with Crippen molar-refractivity contribution in [3.05, 3.63) is 34.9 Å². The Bertz CT molecular complexity index is 368. The van der Waals surface area contributed by atoms with E-state index in [4.69, 9.17) is 4.74 Å². The molecule has 1 rings (SSSR count). The number of hydrogen-bond acceptors (Lipinski definition) is 2. The van der Waals surface area contributed by atoms with Gasteiger partial charge >= 0.3 is 0 Å². The van der Waals surface area contributed by atoms with E-state index >= 15 is 0 Å². The van der Waals surface area contributed by atoms with Crippen LogP contribution in [0.25, 0.3) is 0 Å². The van der Waals surface area contributed by atoms with Crippen LogP contribution in [0.5, 0.6) is 0 Å². The maximum Gasteiger partial charge on any atom is 0.133 e. The summed E-state index contributed by atoms with van der Waals surface area (Å²) in [5.74, 6) is -1.06. The standard InChI is InChI=1S/C12H17F2NO/c1-7-5-6-9(13)10(11(7)14)12(15-3)8(2)16-4/h5-6,8,12,15H,1-4H3. The predicted octanol–water partition coefficient (Wildman–Crippen LogP) is 2.57. The summed E-state index contributed by atoms with van der Waals surface area (Å²) >= 11 is 0. The van der Waals surface area contributed by atoms with Crippen LogP contribution >= 0.6 is 0 Å². The zero-order valence-electron chi connectivity index (χ0n) is 9.97. The second-order valence-electron chi connectivity index (χ2n) is 3.80. The molecule has 90 valence electrons. The van der Waals surface area contributed by atoms with E-state index in [0.717, 1.165) is 0 Å². The minimum atomic E-state index is -0.550. The first kappa shape index (κ1) is 13.1. The van der Waals surface area contributed by atoms with Crippen molar-refractivity contribution in [2.24, 2.45) is 0 Å².